The van der Waals surface area contributed by atoms with E-state index >= 15 is 0 Å². The molecule has 0 spiro atoms. The van der Waals surface area contributed by atoms with Gasteiger partial charge in [0, 0.05) is 51.5 Å². The number of nitrogens with zero attached hydrogens (tertiary/aromatic N) is 4. The van der Waals surface area contributed by atoms with Crippen LogP contribution in [0, 0.1) is 6.92 Å². The lowest BCUT2D eigenvalue weighted by molar-refractivity contribution is -0.114. The van der Waals surface area contributed by atoms with Gasteiger partial charge in [0.2, 0.25) is 0 Å². The topological polar surface area (TPSA) is 47.1 Å². The fourth-order valence-electron chi connectivity index (χ4n) is 4.95. The maximum atomic E-state index is 12.7. The molecule has 0 aromatic heterocycles. The molecule has 0 bridgehead atoms. The van der Waals surface area contributed by atoms with Gasteiger partial charge in [-0.25, -0.2) is 0 Å². The molecule has 2 aromatic rings. The van der Waals surface area contributed by atoms with Gasteiger partial charge in [0.15, 0.2) is 0 Å². The number of Topliss-reactive ketones (excluding diaryl/α,β-unsaturated/α-hetero) is 1. The fraction of sp³-hybridized carbons (Fsp3) is 0.440. The van der Waals surface area contributed by atoms with Crippen LogP contribution >= 0.6 is 0 Å². The molecule has 6 heteroatoms. The quantitative estimate of drug-likeness (QED) is 0.699. The third-order valence-electron chi connectivity index (χ3n) is 6.72. The minimum atomic E-state index is -0.393. The van der Waals surface area contributed by atoms with Gasteiger partial charge >= 0.3 is 5.91 Å². The number of hydrogen-bond acceptors (Lipinski definition) is 5. The van der Waals surface area contributed by atoms with Crippen LogP contribution in [-0.4, -0.2) is 67.4 Å². The van der Waals surface area contributed by atoms with Crippen molar-refractivity contribution in [2.45, 2.75) is 26.3 Å². The van der Waals surface area contributed by atoms with E-state index < -0.39 is 5.91 Å². The average molecular weight is 419 g/mol. The number of amides is 1. The first kappa shape index (κ1) is 20.2. The van der Waals surface area contributed by atoms with Gasteiger partial charge in [-0.05, 0) is 43.5 Å². The second-order valence-corrected chi connectivity index (χ2v) is 8.98. The molecule has 31 heavy (non-hydrogen) atoms. The maximum Gasteiger partial charge on any atom is 0.300 e. The van der Waals surface area contributed by atoms with Gasteiger partial charge in [-0.15, -0.1) is 0 Å². The third-order valence-corrected chi connectivity index (χ3v) is 6.72. The molecule has 0 atom stereocenters. The molecule has 2 saturated heterocycles. The van der Waals surface area contributed by atoms with E-state index in [1.165, 1.54) is 24.0 Å². The van der Waals surface area contributed by atoms with Crippen LogP contribution in [0.3, 0.4) is 0 Å². The molecule has 162 valence electrons. The van der Waals surface area contributed by atoms with Gasteiger partial charge in [0.25, 0.3) is 5.78 Å². The summed E-state index contributed by atoms with van der Waals surface area (Å²) in [6, 6.07) is 14.5. The predicted octanol–water partition coefficient (Wildman–Crippen LogP) is 2.90. The van der Waals surface area contributed by atoms with E-state index in [2.05, 4.69) is 45.9 Å². The summed E-state index contributed by atoms with van der Waals surface area (Å²) in [7, 11) is 0. The molecule has 1 amide bonds. The highest BCUT2D eigenvalue weighted by Crippen LogP contribution is 2.34. The van der Waals surface area contributed by atoms with E-state index in [0.717, 1.165) is 57.2 Å². The number of rotatable bonds is 5. The molecular formula is C25H30N4O2. The summed E-state index contributed by atoms with van der Waals surface area (Å²) < 4.78 is 0. The Hall–Kier alpha value is -2.70. The Balaban J connectivity index is 1.24. The number of fused-ring (bicyclic) bond motifs is 1. The van der Waals surface area contributed by atoms with Crippen LogP contribution in [0.15, 0.2) is 42.5 Å². The SMILES string of the molecule is Cc1cccc(CN2CCN(CN3C(=O)C(=O)c4ccc(N5CCCC5)cc43)CC2)c1. The van der Waals surface area contributed by atoms with Crippen molar-refractivity contribution in [2.24, 2.45) is 0 Å². The summed E-state index contributed by atoms with van der Waals surface area (Å²) in [5, 5.41) is 0. The van der Waals surface area contributed by atoms with E-state index in [1.807, 2.05) is 18.2 Å². The highest BCUT2D eigenvalue weighted by atomic mass is 16.2. The first-order chi connectivity index (χ1) is 15.1. The highest BCUT2D eigenvalue weighted by molar-refractivity contribution is 6.52. The summed E-state index contributed by atoms with van der Waals surface area (Å²) in [6.07, 6.45) is 2.40. The lowest BCUT2D eigenvalue weighted by atomic mass is 10.1. The molecule has 3 heterocycles. The Morgan fingerprint density at radius 2 is 1.58 bits per heavy atom. The number of ketones is 1. The van der Waals surface area contributed by atoms with E-state index in [0.29, 0.717) is 12.2 Å². The number of anilines is 2. The van der Waals surface area contributed by atoms with Crippen LogP contribution in [0.2, 0.25) is 0 Å². The van der Waals surface area contributed by atoms with Crippen LogP contribution in [0.1, 0.15) is 34.3 Å². The Labute approximate surface area is 184 Å². The lowest BCUT2D eigenvalue weighted by Crippen LogP contribution is -2.50. The fourth-order valence-corrected chi connectivity index (χ4v) is 4.95. The Morgan fingerprint density at radius 1 is 0.839 bits per heavy atom. The molecule has 0 aliphatic carbocycles. The van der Waals surface area contributed by atoms with Crippen molar-refractivity contribution < 1.29 is 9.59 Å². The van der Waals surface area contributed by atoms with Gasteiger partial charge in [-0.1, -0.05) is 29.8 Å². The lowest BCUT2D eigenvalue weighted by Gasteiger charge is -2.36. The van der Waals surface area contributed by atoms with Crippen LogP contribution in [0.4, 0.5) is 11.4 Å². The van der Waals surface area contributed by atoms with E-state index in [1.54, 1.807) is 4.90 Å². The zero-order valence-electron chi connectivity index (χ0n) is 18.2. The van der Waals surface area contributed by atoms with E-state index in [-0.39, 0.29) is 5.78 Å². The van der Waals surface area contributed by atoms with Crippen LogP contribution in [0.25, 0.3) is 0 Å². The number of carbonyl (C=O) groups excluding carboxylic acids is 2. The first-order valence-corrected chi connectivity index (χ1v) is 11.3. The van der Waals surface area contributed by atoms with Crippen molar-refractivity contribution in [3.05, 3.63) is 59.2 Å². The minimum absolute atomic E-state index is 0.374. The van der Waals surface area contributed by atoms with Crippen LogP contribution < -0.4 is 9.80 Å². The standard InChI is InChI=1S/C25H30N4O2/c1-19-5-4-6-20(15-19)17-26-11-13-27(14-12-26)18-29-23-16-21(28-9-2-3-10-28)7-8-22(23)24(30)25(29)31/h4-8,15-16H,2-3,9-14,17-18H2,1H3. The zero-order valence-corrected chi connectivity index (χ0v) is 18.2. The average Bonchev–Trinajstić information content (AvgIpc) is 3.39. The number of benzene rings is 2. The molecule has 0 unspecified atom stereocenters. The molecule has 2 fully saturated rings. The summed E-state index contributed by atoms with van der Waals surface area (Å²) in [5.74, 6) is -0.767. The number of hydrogen-bond donors (Lipinski definition) is 0. The number of aryl methyl sites for hydroxylation is 1. The monoisotopic (exact) mass is 418 g/mol. The summed E-state index contributed by atoms with van der Waals surface area (Å²) >= 11 is 0. The smallest absolute Gasteiger partial charge is 0.300 e. The summed E-state index contributed by atoms with van der Waals surface area (Å²) in [5.41, 5.74) is 5.08. The third kappa shape index (κ3) is 4.10. The number of carbonyl (C=O) groups is 2. The van der Waals surface area contributed by atoms with Gasteiger partial charge < -0.3 is 4.90 Å². The van der Waals surface area contributed by atoms with Crippen molar-refractivity contribution in [2.75, 3.05) is 55.7 Å². The van der Waals surface area contributed by atoms with Crippen molar-refractivity contribution >= 4 is 23.1 Å². The van der Waals surface area contributed by atoms with Crippen molar-refractivity contribution in [3.8, 4) is 0 Å². The first-order valence-electron chi connectivity index (χ1n) is 11.3. The Morgan fingerprint density at radius 3 is 2.32 bits per heavy atom. The molecule has 0 saturated carbocycles. The highest BCUT2D eigenvalue weighted by Gasteiger charge is 2.37. The molecule has 2 aromatic carbocycles. The molecule has 3 aliphatic heterocycles. The molecule has 6 nitrogen and oxygen atoms in total. The molecular weight excluding hydrogens is 388 g/mol. The van der Waals surface area contributed by atoms with Crippen LogP contribution in [0.5, 0.6) is 0 Å². The second-order valence-electron chi connectivity index (χ2n) is 8.98. The molecule has 5 rings (SSSR count). The van der Waals surface area contributed by atoms with Gasteiger partial charge in [-0.3, -0.25) is 24.3 Å². The number of piperazine rings is 1. The van der Waals surface area contributed by atoms with Gasteiger partial charge in [0.05, 0.1) is 17.9 Å². The molecule has 3 aliphatic rings. The maximum absolute atomic E-state index is 12.7. The Bertz CT molecular complexity index is 991. The van der Waals surface area contributed by atoms with Gasteiger partial charge in [-0.2, -0.15) is 0 Å². The van der Waals surface area contributed by atoms with Crippen LogP contribution in [-0.2, 0) is 11.3 Å². The van der Waals surface area contributed by atoms with Crippen molar-refractivity contribution in [3.63, 3.8) is 0 Å². The summed E-state index contributed by atoms with van der Waals surface area (Å²) in [6.45, 7) is 9.37. The second kappa shape index (κ2) is 8.44. The van der Waals surface area contributed by atoms with E-state index in [4.69, 9.17) is 0 Å². The minimum Gasteiger partial charge on any atom is -0.371 e. The predicted molar refractivity (Wildman–Crippen MR) is 123 cm³/mol. The van der Waals surface area contributed by atoms with E-state index in [9.17, 15) is 9.59 Å². The Kier molecular flexibility index (Phi) is 5.50. The largest absolute Gasteiger partial charge is 0.371 e. The summed E-state index contributed by atoms with van der Waals surface area (Å²) in [4.78, 5) is 34.0. The van der Waals surface area contributed by atoms with Gasteiger partial charge in [0.1, 0.15) is 0 Å². The van der Waals surface area contributed by atoms with Crippen molar-refractivity contribution in [1.82, 2.24) is 9.80 Å². The van der Waals surface area contributed by atoms with Crippen molar-refractivity contribution in [1.29, 1.82) is 0 Å². The normalized spacial score (nSPS) is 20.0. The molecule has 0 radical (unpaired) electrons. The zero-order chi connectivity index (χ0) is 21.4. The molecule has 0 N–H and O–H groups in total.